The maximum absolute atomic E-state index is 13.7. The molecule has 0 aliphatic heterocycles. The molecule has 2 atom stereocenters. The molecule has 1 unspecified atom stereocenters. The van der Waals surface area contributed by atoms with Gasteiger partial charge in [0.15, 0.2) is 10.9 Å². The predicted octanol–water partition coefficient (Wildman–Crippen LogP) is 3.11. The van der Waals surface area contributed by atoms with E-state index < -0.39 is 23.0 Å². The number of nitrogens with two attached hydrogens (primary N) is 2. The fraction of sp³-hybridized carbons (Fsp3) is 0.323. The number of amidine groups is 1. The Labute approximate surface area is 245 Å². The summed E-state index contributed by atoms with van der Waals surface area (Å²) in [6.45, 7) is 0.416. The highest BCUT2D eigenvalue weighted by molar-refractivity contribution is 5.92. The molecule has 0 radical (unpaired) electrons. The highest BCUT2D eigenvalue weighted by atomic mass is 16.7. The second-order valence-corrected chi connectivity index (χ2v) is 9.86. The van der Waals surface area contributed by atoms with Gasteiger partial charge in [-0.15, -0.1) is 0 Å². The van der Waals surface area contributed by atoms with Gasteiger partial charge >= 0.3 is 0 Å². The molecule has 6 N–H and O–H groups in total. The van der Waals surface area contributed by atoms with E-state index in [4.69, 9.17) is 16.2 Å². The first-order valence-corrected chi connectivity index (χ1v) is 13.8. The first kappa shape index (κ1) is 31.8. The number of hydrogen-bond acceptors (Lipinski definition) is 6. The van der Waals surface area contributed by atoms with E-state index in [1.807, 2.05) is 84.9 Å². The molecule has 222 valence electrons. The van der Waals surface area contributed by atoms with E-state index in [-0.39, 0.29) is 30.5 Å². The molecule has 0 fully saturated rings. The molecule has 0 aliphatic rings. The molecular weight excluding hydrogens is 536 g/mol. The van der Waals surface area contributed by atoms with Crippen molar-refractivity contribution in [2.24, 2.45) is 16.6 Å². The van der Waals surface area contributed by atoms with Crippen molar-refractivity contribution in [3.63, 3.8) is 0 Å². The fourth-order valence-electron chi connectivity index (χ4n) is 4.55. The molecule has 0 aromatic heterocycles. The Bertz CT molecular complexity index is 1280. The van der Waals surface area contributed by atoms with Crippen LogP contribution in [0.25, 0.3) is 0 Å². The van der Waals surface area contributed by atoms with E-state index in [9.17, 15) is 19.7 Å². The summed E-state index contributed by atoms with van der Waals surface area (Å²) in [5.74, 6) is -0.929. The number of benzene rings is 3. The molecule has 42 heavy (non-hydrogen) atoms. The van der Waals surface area contributed by atoms with Crippen molar-refractivity contribution >= 4 is 17.6 Å². The van der Waals surface area contributed by atoms with Gasteiger partial charge in [-0.2, -0.15) is 0 Å². The normalized spacial score (nSPS) is 12.8. The van der Waals surface area contributed by atoms with Gasteiger partial charge in [-0.1, -0.05) is 72.8 Å². The van der Waals surface area contributed by atoms with Gasteiger partial charge in [0.25, 0.3) is 0 Å². The molecule has 0 saturated heterocycles. The van der Waals surface area contributed by atoms with Crippen LogP contribution in [0.15, 0.2) is 90.0 Å². The number of nitro groups is 1. The van der Waals surface area contributed by atoms with E-state index in [0.29, 0.717) is 6.54 Å². The standard InChI is InChI=1S/C31H38N6O5/c1-42-25-17-15-22(16-18-25)10-8-9-21-34-30(38)27(20-19-26(32)29(33)36-37(40)41)35-31(39)28(23-11-4-2-5-12-23)24-13-6-3-7-14-24/h2-7,11-18,26-28H,8-10,19-21,32H2,1H3,(H2,33,36)(H,34,38)(H,35,39)/t26?,27-/m0/s1. The molecule has 0 saturated carbocycles. The Morgan fingerprint density at radius 2 is 1.50 bits per heavy atom. The summed E-state index contributed by atoms with van der Waals surface area (Å²) in [6.07, 6.45) is 2.64. The van der Waals surface area contributed by atoms with Crippen LogP contribution in [0.3, 0.4) is 0 Å². The number of carbonyl (C=O) groups is 2. The van der Waals surface area contributed by atoms with Gasteiger partial charge in [0, 0.05) is 6.54 Å². The predicted molar refractivity (Wildman–Crippen MR) is 161 cm³/mol. The Kier molecular flexibility index (Phi) is 12.5. The molecular formula is C31H38N6O5. The molecule has 11 nitrogen and oxygen atoms in total. The van der Waals surface area contributed by atoms with Gasteiger partial charge in [0.2, 0.25) is 11.8 Å². The highest BCUT2D eigenvalue weighted by Crippen LogP contribution is 2.25. The molecule has 3 aromatic carbocycles. The largest absolute Gasteiger partial charge is 0.497 e. The summed E-state index contributed by atoms with van der Waals surface area (Å²) in [7, 11) is 1.62. The second kappa shape index (κ2) is 16.5. The number of methoxy groups -OCH3 is 1. The van der Waals surface area contributed by atoms with Gasteiger partial charge < -0.3 is 26.8 Å². The fourth-order valence-corrected chi connectivity index (χ4v) is 4.55. The van der Waals surface area contributed by atoms with Crippen LogP contribution in [0.2, 0.25) is 0 Å². The van der Waals surface area contributed by atoms with Crippen molar-refractivity contribution in [1.29, 1.82) is 0 Å². The third-order valence-corrected chi connectivity index (χ3v) is 6.85. The van der Waals surface area contributed by atoms with Crippen LogP contribution in [0, 0.1) is 10.1 Å². The number of rotatable bonds is 16. The van der Waals surface area contributed by atoms with Crippen LogP contribution in [0.5, 0.6) is 5.75 Å². The van der Waals surface area contributed by atoms with Gasteiger partial charge in [-0.05, 0) is 60.9 Å². The zero-order chi connectivity index (χ0) is 30.3. The minimum Gasteiger partial charge on any atom is -0.497 e. The third-order valence-electron chi connectivity index (χ3n) is 6.85. The van der Waals surface area contributed by atoms with Gasteiger partial charge in [0.1, 0.15) is 11.8 Å². The van der Waals surface area contributed by atoms with Gasteiger partial charge in [0.05, 0.1) is 24.2 Å². The SMILES string of the molecule is COc1ccc(CCCCNC(=O)[C@H](CCC(N)C(N)=N[N+](=O)[O-])NC(=O)C(c2ccccc2)c2ccccc2)cc1. The average molecular weight is 575 g/mol. The van der Waals surface area contributed by atoms with E-state index in [2.05, 4.69) is 15.7 Å². The molecule has 11 heteroatoms. The molecule has 3 rings (SSSR count). The van der Waals surface area contributed by atoms with E-state index in [1.54, 1.807) is 7.11 Å². The zero-order valence-electron chi connectivity index (χ0n) is 23.6. The van der Waals surface area contributed by atoms with Crippen LogP contribution < -0.4 is 26.8 Å². The smallest absolute Gasteiger partial charge is 0.242 e. The quantitative estimate of drug-likeness (QED) is 0.0668. The summed E-state index contributed by atoms with van der Waals surface area (Å²) < 4.78 is 5.19. The summed E-state index contributed by atoms with van der Waals surface area (Å²) in [4.78, 5) is 37.7. The van der Waals surface area contributed by atoms with Gasteiger partial charge in [-0.25, -0.2) is 10.1 Å². The Morgan fingerprint density at radius 3 is 2.05 bits per heavy atom. The monoisotopic (exact) mass is 574 g/mol. The summed E-state index contributed by atoms with van der Waals surface area (Å²) in [6, 6.07) is 24.5. The minimum atomic E-state index is -0.953. The summed E-state index contributed by atoms with van der Waals surface area (Å²) >= 11 is 0. The van der Waals surface area contributed by atoms with Crippen molar-refractivity contribution < 1.29 is 19.4 Å². The van der Waals surface area contributed by atoms with Crippen molar-refractivity contribution in [1.82, 2.24) is 10.6 Å². The number of carbonyl (C=O) groups excluding carboxylic acids is 2. The average Bonchev–Trinajstić information content (AvgIpc) is 3.00. The molecule has 3 aromatic rings. The first-order valence-electron chi connectivity index (χ1n) is 13.8. The maximum Gasteiger partial charge on any atom is 0.242 e. The minimum absolute atomic E-state index is 0.0976. The number of hydrogen-bond donors (Lipinski definition) is 4. The topological polar surface area (TPSA) is 175 Å². The number of unbranched alkanes of at least 4 members (excludes halogenated alkanes) is 1. The lowest BCUT2D eigenvalue weighted by Crippen LogP contribution is -2.49. The molecule has 0 spiro atoms. The lowest BCUT2D eigenvalue weighted by molar-refractivity contribution is -0.485. The molecule has 0 aliphatic carbocycles. The van der Waals surface area contributed by atoms with E-state index in [0.717, 1.165) is 36.1 Å². The number of hydrazone groups is 1. The van der Waals surface area contributed by atoms with E-state index >= 15 is 0 Å². The summed E-state index contributed by atoms with van der Waals surface area (Å²) in [5.41, 5.74) is 14.4. The molecule has 0 bridgehead atoms. The lowest BCUT2D eigenvalue weighted by Gasteiger charge is -2.24. The number of nitrogens with one attached hydrogen (secondary N) is 2. The van der Waals surface area contributed by atoms with Crippen molar-refractivity contribution in [3.8, 4) is 5.75 Å². The highest BCUT2D eigenvalue weighted by Gasteiger charge is 2.28. The third kappa shape index (κ3) is 10.0. The van der Waals surface area contributed by atoms with Crippen molar-refractivity contribution in [2.75, 3.05) is 13.7 Å². The number of nitrogens with zero attached hydrogens (tertiary/aromatic N) is 2. The summed E-state index contributed by atoms with van der Waals surface area (Å²) in [5, 5.41) is 18.7. The van der Waals surface area contributed by atoms with Crippen LogP contribution in [-0.4, -0.2) is 48.4 Å². The van der Waals surface area contributed by atoms with Crippen LogP contribution in [-0.2, 0) is 16.0 Å². The Morgan fingerprint density at radius 1 is 0.905 bits per heavy atom. The van der Waals surface area contributed by atoms with Crippen molar-refractivity contribution in [3.05, 3.63) is 112 Å². The maximum atomic E-state index is 13.7. The Balaban J connectivity index is 1.68. The number of amides is 2. The van der Waals surface area contributed by atoms with Crippen LogP contribution >= 0.6 is 0 Å². The first-order chi connectivity index (χ1) is 20.3. The molecule has 0 heterocycles. The van der Waals surface area contributed by atoms with Crippen molar-refractivity contribution in [2.45, 2.75) is 50.1 Å². The number of aryl methyl sites for hydroxylation is 1. The van der Waals surface area contributed by atoms with Crippen LogP contribution in [0.4, 0.5) is 0 Å². The van der Waals surface area contributed by atoms with Gasteiger partial charge in [-0.3, -0.25) is 9.59 Å². The lowest BCUT2D eigenvalue weighted by atomic mass is 9.90. The number of ether oxygens (including phenoxy) is 1. The van der Waals surface area contributed by atoms with Crippen LogP contribution in [0.1, 0.15) is 48.3 Å². The second-order valence-electron chi connectivity index (χ2n) is 9.86. The molecule has 2 amide bonds. The Hall–Kier alpha value is -4.77. The zero-order valence-corrected chi connectivity index (χ0v) is 23.6. The van der Waals surface area contributed by atoms with E-state index in [1.165, 1.54) is 5.56 Å².